The van der Waals surface area contributed by atoms with E-state index in [1.165, 1.54) is 6.07 Å². The van der Waals surface area contributed by atoms with Gasteiger partial charge in [-0.2, -0.15) is 0 Å². The summed E-state index contributed by atoms with van der Waals surface area (Å²) < 4.78 is 16.0. The van der Waals surface area contributed by atoms with E-state index >= 15 is 0 Å². The third-order valence-corrected chi connectivity index (χ3v) is 5.72. The molecule has 5 nitrogen and oxygen atoms in total. The zero-order valence-corrected chi connectivity index (χ0v) is 18.0. The Kier molecular flexibility index (Phi) is 6.11. The first-order chi connectivity index (χ1) is 14.5. The summed E-state index contributed by atoms with van der Waals surface area (Å²) in [6, 6.07) is 16.5. The van der Waals surface area contributed by atoms with Gasteiger partial charge in [0, 0.05) is 30.3 Å². The molecule has 2 atom stereocenters. The summed E-state index contributed by atoms with van der Waals surface area (Å²) in [4.78, 5) is 9.00. The molecule has 1 fully saturated rings. The maximum Gasteiger partial charge on any atom is 0.170 e. The topological polar surface area (TPSA) is 36.3 Å². The van der Waals surface area contributed by atoms with Crippen LogP contribution in [0.4, 0.5) is 4.39 Å². The molecule has 1 aliphatic heterocycles. The van der Waals surface area contributed by atoms with Gasteiger partial charge >= 0.3 is 0 Å². The van der Waals surface area contributed by atoms with Gasteiger partial charge < -0.3 is 19.7 Å². The van der Waals surface area contributed by atoms with E-state index in [0.717, 1.165) is 41.7 Å². The smallest absolute Gasteiger partial charge is 0.170 e. The fourth-order valence-corrected chi connectivity index (χ4v) is 4.35. The lowest BCUT2D eigenvalue weighted by Gasteiger charge is -2.29. The van der Waals surface area contributed by atoms with Crippen LogP contribution in [0.15, 0.2) is 67.0 Å². The molecular weight excluding hydrogens is 397 g/mol. The molecule has 0 aliphatic carbocycles. The van der Waals surface area contributed by atoms with Gasteiger partial charge in [0.2, 0.25) is 0 Å². The summed E-state index contributed by atoms with van der Waals surface area (Å²) >= 11 is 5.73. The number of pyridine rings is 1. The molecule has 3 aromatic rings. The summed E-state index contributed by atoms with van der Waals surface area (Å²) in [5.74, 6) is -0.253. The fourth-order valence-electron chi connectivity index (χ4n) is 4.02. The Hall–Kier alpha value is -2.77. The number of halogens is 1. The van der Waals surface area contributed by atoms with Crippen molar-refractivity contribution in [2.75, 3.05) is 27.2 Å². The molecule has 2 aromatic heterocycles. The zero-order chi connectivity index (χ0) is 21.1. The van der Waals surface area contributed by atoms with Gasteiger partial charge in [0.05, 0.1) is 17.8 Å². The van der Waals surface area contributed by atoms with Gasteiger partial charge in [-0.25, -0.2) is 4.39 Å². The molecule has 1 aliphatic rings. The second-order valence-corrected chi connectivity index (χ2v) is 8.15. The van der Waals surface area contributed by atoms with E-state index in [9.17, 15) is 4.39 Å². The maximum atomic E-state index is 13.9. The number of benzene rings is 1. The van der Waals surface area contributed by atoms with Gasteiger partial charge in [-0.3, -0.25) is 4.98 Å². The zero-order valence-electron chi connectivity index (χ0n) is 17.2. The lowest BCUT2D eigenvalue weighted by atomic mass is 10.0. The quantitative estimate of drug-likeness (QED) is 0.583. The van der Waals surface area contributed by atoms with E-state index in [0.29, 0.717) is 0 Å². The van der Waals surface area contributed by atoms with E-state index in [1.807, 2.05) is 41.1 Å². The van der Waals surface area contributed by atoms with Crippen molar-refractivity contribution in [2.24, 2.45) is 0 Å². The number of aromatic nitrogens is 2. The normalized spacial score (nSPS) is 18.8. The van der Waals surface area contributed by atoms with E-state index < -0.39 is 0 Å². The van der Waals surface area contributed by atoms with Crippen LogP contribution in [-0.4, -0.2) is 51.6 Å². The van der Waals surface area contributed by atoms with Crippen molar-refractivity contribution in [3.63, 3.8) is 0 Å². The first-order valence-electron chi connectivity index (χ1n) is 10.1. The van der Waals surface area contributed by atoms with Gasteiger partial charge in [-0.1, -0.05) is 12.1 Å². The molecule has 1 saturated heterocycles. The van der Waals surface area contributed by atoms with E-state index in [1.54, 1.807) is 18.3 Å². The van der Waals surface area contributed by atoms with Crippen molar-refractivity contribution in [1.82, 2.24) is 24.7 Å². The number of nitrogens with zero attached hydrogens (tertiary/aromatic N) is 4. The van der Waals surface area contributed by atoms with E-state index in [2.05, 4.69) is 40.3 Å². The predicted octanol–water partition coefficient (Wildman–Crippen LogP) is 3.94. The molecule has 0 amide bonds. The Morgan fingerprint density at radius 2 is 2.00 bits per heavy atom. The van der Waals surface area contributed by atoms with Gasteiger partial charge in [0.1, 0.15) is 5.82 Å². The van der Waals surface area contributed by atoms with Crippen LogP contribution < -0.4 is 5.32 Å². The van der Waals surface area contributed by atoms with Crippen molar-refractivity contribution in [3.8, 4) is 5.69 Å². The average Bonchev–Trinajstić information content (AvgIpc) is 3.33. The molecule has 30 heavy (non-hydrogen) atoms. The third-order valence-electron chi connectivity index (χ3n) is 5.37. The Labute approximate surface area is 182 Å². The molecule has 4 rings (SSSR count). The van der Waals surface area contributed by atoms with Crippen LogP contribution in [0.2, 0.25) is 0 Å². The van der Waals surface area contributed by atoms with E-state index in [-0.39, 0.29) is 17.9 Å². The van der Waals surface area contributed by atoms with E-state index in [4.69, 9.17) is 12.2 Å². The van der Waals surface area contributed by atoms with Crippen molar-refractivity contribution in [2.45, 2.75) is 18.5 Å². The molecule has 3 heterocycles. The molecule has 0 radical (unpaired) electrons. The Morgan fingerprint density at radius 3 is 2.73 bits per heavy atom. The Morgan fingerprint density at radius 1 is 1.13 bits per heavy atom. The Balaban J connectivity index is 1.74. The molecule has 7 heteroatoms. The first kappa shape index (κ1) is 20.5. The molecule has 0 spiro atoms. The van der Waals surface area contributed by atoms with Crippen LogP contribution in [-0.2, 0) is 0 Å². The average molecular weight is 424 g/mol. The van der Waals surface area contributed by atoms with Gasteiger partial charge in [0.25, 0.3) is 0 Å². The standard InChI is InChI=1S/C23H26FN5S/c1-27(2)13-7-15-29-22(21(26-23(29)30)19-10-3-4-12-25-19)20-11-6-14-28(20)18-9-5-8-17(24)16-18/h3-6,8-12,14,16,21-22H,7,13,15H2,1-2H3,(H,26,30)/t21-,22-/m1/s1. The molecule has 0 unspecified atom stereocenters. The largest absolute Gasteiger partial charge is 0.352 e. The summed E-state index contributed by atoms with van der Waals surface area (Å²) in [6.45, 7) is 1.80. The van der Waals surface area contributed by atoms with Crippen molar-refractivity contribution < 1.29 is 4.39 Å². The van der Waals surface area contributed by atoms with Crippen molar-refractivity contribution >= 4 is 17.3 Å². The second-order valence-electron chi connectivity index (χ2n) is 7.76. The van der Waals surface area contributed by atoms with Gasteiger partial charge in [0.15, 0.2) is 5.11 Å². The molecular formula is C23H26FN5S. The van der Waals surface area contributed by atoms with Crippen LogP contribution in [0.3, 0.4) is 0 Å². The highest BCUT2D eigenvalue weighted by Gasteiger charge is 2.40. The fraction of sp³-hybridized carbons (Fsp3) is 0.304. The second kappa shape index (κ2) is 8.93. The monoisotopic (exact) mass is 423 g/mol. The Bertz CT molecular complexity index is 1000. The molecule has 0 saturated carbocycles. The molecule has 1 N–H and O–H groups in total. The SMILES string of the molecule is CN(C)CCCN1C(=S)N[C@H](c2ccccn2)[C@H]1c1cccn1-c1cccc(F)c1. The number of thiocarbonyl (C=S) groups is 1. The predicted molar refractivity (Wildman–Crippen MR) is 121 cm³/mol. The van der Waals surface area contributed by atoms with Crippen LogP contribution in [0.5, 0.6) is 0 Å². The first-order valence-corrected chi connectivity index (χ1v) is 10.5. The van der Waals surface area contributed by atoms with Crippen molar-refractivity contribution in [3.05, 3.63) is 84.2 Å². The van der Waals surface area contributed by atoms with Crippen LogP contribution in [0.25, 0.3) is 5.69 Å². The lowest BCUT2D eigenvalue weighted by Crippen LogP contribution is -2.33. The minimum absolute atomic E-state index is 0.0483. The minimum atomic E-state index is -0.253. The minimum Gasteiger partial charge on any atom is -0.352 e. The number of nitrogens with one attached hydrogen (secondary N) is 1. The summed E-state index contributed by atoms with van der Waals surface area (Å²) in [6.07, 6.45) is 4.76. The number of hydrogen-bond donors (Lipinski definition) is 1. The number of rotatable bonds is 7. The third kappa shape index (κ3) is 4.22. The summed E-state index contributed by atoms with van der Waals surface area (Å²) in [7, 11) is 4.15. The highest BCUT2D eigenvalue weighted by Crippen LogP contribution is 2.39. The van der Waals surface area contributed by atoms with Gasteiger partial charge in [-0.05, 0) is 81.7 Å². The summed E-state index contributed by atoms with van der Waals surface area (Å²) in [5.41, 5.74) is 2.78. The summed E-state index contributed by atoms with van der Waals surface area (Å²) in [5, 5.41) is 4.20. The van der Waals surface area contributed by atoms with Crippen LogP contribution in [0.1, 0.15) is 29.9 Å². The molecule has 156 valence electrons. The molecule has 0 bridgehead atoms. The highest BCUT2D eigenvalue weighted by atomic mass is 32.1. The highest BCUT2D eigenvalue weighted by molar-refractivity contribution is 7.80. The lowest BCUT2D eigenvalue weighted by molar-refractivity contribution is 0.286. The number of hydrogen-bond acceptors (Lipinski definition) is 3. The van der Waals surface area contributed by atoms with Crippen LogP contribution in [0, 0.1) is 5.82 Å². The van der Waals surface area contributed by atoms with Crippen molar-refractivity contribution in [1.29, 1.82) is 0 Å². The van der Waals surface area contributed by atoms with Crippen LogP contribution >= 0.6 is 12.2 Å². The molecule has 1 aromatic carbocycles. The maximum absolute atomic E-state index is 13.9. The van der Waals surface area contributed by atoms with Gasteiger partial charge in [-0.15, -0.1) is 0 Å².